The maximum atomic E-state index is 14.4. The van der Waals surface area contributed by atoms with Crippen LogP contribution in [0, 0.1) is 11.7 Å². The van der Waals surface area contributed by atoms with E-state index in [1.807, 2.05) is 36.4 Å². The molecule has 9 heteroatoms. The highest BCUT2D eigenvalue weighted by Gasteiger charge is 2.39. The molecule has 0 bridgehead atoms. The van der Waals surface area contributed by atoms with Crippen LogP contribution in [-0.4, -0.2) is 68.3 Å². The molecule has 216 valence electrons. The zero-order chi connectivity index (χ0) is 28.8. The van der Waals surface area contributed by atoms with E-state index in [0.717, 1.165) is 55.5 Å². The molecule has 1 saturated heterocycles. The number of carbonyl (C=O) groups excluding carboxylic acids is 2. The average molecular weight is 577 g/mol. The van der Waals surface area contributed by atoms with Gasteiger partial charge in [-0.3, -0.25) is 14.5 Å². The first-order valence-corrected chi connectivity index (χ1v) is 15.0. The molecule has 7 nitrogen and oxygen atoms in total. The maximum Gasteiger partial charge on any atom is 0.241 e. The second kappa shape index (κ2) is 13.4. The summed E-state index contributed by atoms with van der Waals surface area (Å²) >= 11 is 1.42. The van der Waals surface area contributed by atoms with Gasteiger partial charge in [0, 0.05) is 48.9 Å². The zero-order valence-corrected chi connectivity index (χ0v) is 24.4. The number of para-hydroxylation sites is 1. The minimum absolute atomic E-state index is 0.125. The molecule has 0 radical (unpaired) electrons. The first-order valence-electron chi connectivity index (χ1n) is 14.1. The van der Waals surface area contributed by atoms with Gasteiger partial charge in [0.25, 0.3) is 0 Å². The summed E-state index contributed by atoms with van der Waals surface area (Å²) in [5.74, 6) is -0.322. The lowest BCUT2D eigenvalue weighted by molar-refractivity contribution is -0.128. The number of fused-ring (bicyclic) bond motifs is 1. The van der Waals surface area contributed by atoms with Crippen molar-refractivity contribution in [3.05, 3.63) is 84.2 Å². The molecule has 2 atom stereocenters. The number of thioether (sulfide) groups is 1. The van der Waals surface area contributed by atoms with Crippen molar-refractivity contribution in [2.24, 2.45) is 5.92 Å². The van der Waals surface area contributed by atoms with E-state index >= 15 is 0 Å². The van der Waals surface area contributed by atoms with Crippen LogP contribution in [0.4, 0.5) is 15.8 Å². The molecular formula is C32H37FN4O3S. The van der Waals surface area contributed by atoms with Crippen LogP contribution < -0.4 is 19.9 Å². The Morgan fingerprint density at radius 1 is 1.02 bits per heavy atom. The van der Waals surface area contributed by atoms with Crippen molar-refractivity contribution in [2.45, 2.75) is 30.0 Å². The Labute approximate surface area is 245 Å². The number of halogens is 1. The Hall–Kier alpha value is -3.56. The molecule has 0 spiro atoms. The Bertz CT molecular complexity index is 1350. The smallest absolute Gasteiger partial charge is 0.241 e. The maximum absolute atomic E-state index is 14.4. The predicted octanol–water partition coefficient (Wildman–Crippen LogP) is 4.81. The minimum Gasteiger partial charge on any atom is -0.497 e. The number of hydrogen-bond donors (Lipinski definition) is 1. The van der Waals surface area contributed by atoms with Gasteiger partial charge in [-0.1, -0.05) is 37.3 Å². The quantitative estimate of drug-likeness (QED) is 0.350. The fourth-order valence-corrected chi connectivity index (χ4v) is 6.64. The molecule has 5 rings (SSSR count). The Kier molecular flexibility index (Phi) is 9.46. The summed E-state index contributed by atoms with van der Waals surface area (Å²) < 4.78 is 19.7. The van der Waals surface area contributed by atoms with Crippen molar-refractivity contribution in [1.82, 2.24) is 10.2 Å². The van der Waals surface area contributed by atoms with Crippen molar-refractivity contribution < 1.29 is 18.7 Å². The molecule has 1 fully saturated rings. The van der Waals surface area contributed by atoms with Gasteiger partial charge in [-0.05, 0) is 55.4 Å². The van der Waals surface area contributed by atoms with Gasteiger partial charge in [0.2, 0.25) is 11.8 Å². The normalized spacial score (nSPS) is 18.1. The van der Waals surface area contributed by atoms with Crippen LogP contribution in [0.3, 0.4) is 0 Å². The zero-order valence-electron chi connectivity index (χ0n) is 23.6. The molecule has 1 N–H and O–H groups in total. The summed E-state index contributed by atoms with van der Waals surface area (Å²) in [6, 6.07) is 22.3. The summed E-state index contributed by atoms with van der Waals surface area (Å²) in [7, 11) is 1.67. The third-order valence-corrected chi connectivity index (χ3v) is 9.30. The van der Waals surface area contributed by atoms with Crippen LogP contribution in [-0.2, 0) is 16.1 Å². The Morgan fingerprint density at radius 2 is 1.73 bits per heavy atom. The number of benzene rings is 3. The molecule has 2 amide bonds. The number of anilines is 2. The van der Waals surface area contributed by atoms with Gasteiger partial charge in [-0.2, -0.15) is 0 Å². The molecule has 2 heterocycles. The van der Waals surface area contributed by atoms with E-state index in [1.54, 1.807) is 37.1 Å². The van der Waals surface area contributed by atoms with Crippen molar-refractivity contribution in [3.63, 3.8) is 0 Å². The standard InChI is InChI=1S/C32H37FN4O3S/c1-23(30-32(39)37(22-24-8-3-4-9-27(24)33)28-10-5-6-11-29(28)41-30)31(38)34-16-7-17-35-18-20-36(21-19-35)25-12-14-26(40-2)15-13-25/h3-6,8-15,23,30H,7,16-22H2,1-2H3,(H,34,38)/t23-,30-/m1/s1. The van der Waals surface area contributed by atoms with Gasteiger partial charge in [-0.25, -0.2) is 4.39 Å². The predicted molar refractivity (Wildman–Crippen MR) is 162 cm³/mol. The number of amides is 2. The minimum atomic E-state index is -0.581. The molecule has 3 aromatic rings. The highest BCUT2D eigenvalue weighted by Crippen LogP contribution is 2.42. The van der Waals surface area contributed by atoms with Crippen LogP contribution >= 0.6 is 11.8 Å². The fourth-order valence-electron chi connectivity index (χ4n) is 5.35. The SMILES string of the molecule is COc1ccc(N2CCN(CCCNC(=O)[C@H](C)[C@H]3Sc4ccccc4N(Cc4ccccc4F)C3=O)CC2)cc1. The second-order valence-electron chi connectivity index (χ2n) is 10.5. The van der Waals surface area contributed by atoms with Crippen LogP contribution in [0.25, 0.3) is 0 Å². The first kappa shape index (κ1) is 29.0. The number of rotatable bonds is 10. The van der Waals surface area contributed by atoms with Gasteiger partial charge in [0.15, 0.2) is 0 Å². The van der Waals surface area contributed by atoms with E-state index in [9.17, 15) is 14.0 Å². The molecule has 2 aliphatic heterocycles. The second-order valence-corrected chi connectivity index (χ2v) is 11.7. The van der Waals surface area contributed by atoms with Crippen LogP contribution in [0.2, 0.25) is 0 Å². The van der Waals surface area contributed by atoms with Crippen molar-refractivity contribution in [2.75, 3.05) is 56.2 Å². The highest BCUT2D eigenvalue weighted by atomic mass is 32.2. The molecular weight excluding hydrogens is 539 g/mol. The molecule has 41 heavy (non-hydrogen) atoms. The number of piperazine rings is 1. The lowest BCUT2D eigenvalue weighted by Gasteiger charge is -2.36. The lowest BCUT2D eigenvalue weighted by Crippen LogP contribution is -2.48. The first-order chi connectivity index (χ1) is 19.9. The molecule has 0 aliphatic carbocycles. The number of nitrogens with zero attached hydrogens (tertiary/aromatic N) is 3. The van der Waals surface area contributed by atoms with E-state index in [2.05, 4.69) is 27.2 Å². The molecule has 2 aliphatic rings. The van der Waals surface area contributed by atoms with Gasteiger partial charge >= 0.3 is 0 Å². The third kappa shape index (κ3) is 6.85. The summed E-state index contributed by atoms with van der Waals surface area (Å²) in [5.41, 5.74) is 2.40. The molecule has 0 saturated carbocycles. The van der Waals surface area contributed by atoms with E-state index in [0.29, 0.717) is 12.1 Å². The number of ether oxygens (including phenoxy) is 1. The number of nitrogens with one attached hydrogen (secondary N) is 1. The van der Waals surface area contributed by atoms with Gasteiger partial charge < -0.3 is 19.9 Å². The summed E-state index contributed by atoms with van der Waals surface area (Å²) in [6.07, 6.45) is 0.842. The van der Waals surface area contributed by atoms with Gasteiger partial charge in [0.05, 0.1) is 25.3 Å². The molecule has 0 unspecified atom stereocenters. The van der Waals surface area contributed by atoms with Crippen molar-refractivity contribution >= 4 is 35.0 Å². The molecule has 0 aromatic heterocycles. The average Bonchev–Trinajstić information content (AvgIpc) is 3.01. The van der Waals surface area contributed by atoms with Crippen LogP contribution in [0.1, 0.15) is 18.9 Å². The number of hydrogen-bond acceptors (Lipinski definition) is 6. The lowest BCUT2D eigenvalue weighted by atomic mass is 10.0. The van der Waals surface area contributed by atoms with E-state index in [1.165, 1.54) is 23.5 Å². The topological polar surface area (TPSA) is 65.1 Å². The molecule has 3 aromatic carbocycles. The van der Waals surface area contributed by atoms with Crippen LogP contribution in [0.15, 0.2) is 77.7 Å². The largest absolute Gasteiger partial charge is 0.497 e. The Morgan fingerprint density at radius 3 is 2.46 bits per heavy atom. The monoisotopic (exact) mass is 576 g/mol. The third-order valence-electron chi connectivity index (χ3n) is 7.83. The number of carbonyl (C=O) groups is 2. The fraction of sp³-hybridized carbons (Fsp3) is 0.375. The van der Waals surface area contributed by atoms with Gasteiger partial charge in [0.1, 0.15) is 16.8 Å². The Balaban J connectivity index is 1.11. The summed E-state index contributed by atoms with van der Waals surface area (Å²) in [5, 5.41) is 2.47. The van der Waals surface area contributed by atoms with E-state index < -0.39 is 11.2 Å². The van der Waals surface area contributed by atoms with Crippen LogP contribution in [0.5, 0.6) is 5.75 Å². The van der Waals surface area contributed by atoms with Crippen molar-refractivity contribution in [1.29, 1.82) is 0 Å². The van der Waals surface area contributed by atoms with Crippen molar-refractivity contribution in [3.8, 4) is 5.75 Å². The number of methoxy groups -OCH3 is 1. The van der Waals surface area contributed by atoms with E-state index in [4.69, 9.17) is 4.74 Å². The van der Waals surface area contributed by atoms with Gasteiger partial charge in [-0.15, -0.1) is 11.8 Å². The van der Waals surface area contributed by atoms with E-state index in [-0.39, 0.29) is 24.2 Å². The summed E-state index contributed by atoms with van der Waals surface area (Å²) in [6.45, 7) is 7.26. The summed E-state index contributed by atoms with van der Waals surface area (Å²) in [4.78, 5) is 34.1. The highest BCUT2D eigenvalue weighted by molar-refractivity contribution is 8.01.